The Labute approximate surface area is 183 Å². The number of carbonyl (C=O) groups is 2. The molecule has 2 amide bonds. The zero-order chi connectivity index (χ0) is 22.4. The molecule has 0 aliphatic carbocycles. The van der Waals surface area contributed by atoms with Crippen molar-refractivity contribution in [1.29, 1.82) is 0 Å². The van der Waals surface area contributed by atoms with Crippen LogP contribution in [-0.4, -0.2) is 28.7 Å². The molecule has 0 saturated carbocycles. The van der Waals surface area contributed by atoms with Gasteiger partial charge in [0.15, 0.2) is 0 Å². The monoisotopic (exact) mass is 423 g/mol. The van der Waals surface area contributed by atoms with Crippen LogP contribution in [0.15, 0.2) is 90.0 Å². The lowest BCUT2D eigenvalue weighted by molar-refractivity contribution is -0.384. The average molecular weight is 423 g/mol. The number of likely N-dealkylation sites (N-methyl/N-ethyl adjacent to an activating group) is 1. The molecule has 0 aromatic heterocycles. The Balaban J connectivity index is 1.64. The van der Waals surface area contributed by atoms with Gasteiger partial charge in [-0.15, -0.1) is 0 Å². The molecular weight excluding hydrogens is 406 g/mol. The lowest BCUT2D eigenvalue weighted by Gasteiger charge is -2.17. The van der Waals surface area contributed by atoms with Crippen LogP contribution in [0.5, 0.6) is 0 Å². The van der Waals surface area contributed by atoms with Crippen molar-refractivity contribution in [2.45, 2.75) is 0 Å². The summed E-state index contributed by atoms with van der Waals surface area (Å²) in [4.78, 5) is 38.0. The highest BCUT2D eigenvalue weighted by Crippen LogP contribution is 2.42. The average Bonchev–Trinajstić information content (AvgIpc) is 3.29. The van der Waals surface area contributed by atoms with Gasteiger partial charge < -0.3 is 10.2 Å². The van der Waals surface area contributed by atoms with Crippen molar-refractivity contribution >= 4 is 28.9 Å². The Morgan fingerprint density at radius 2 is 1.44 bits per heavy atom. The quantitative estimate of drug-likeness (QED) is 0.507. The Hall–Kier alpha value is -4.52. The fourth-order valence-electron chi connectivity index (χ4n) is 4.13. The summed E-state index contributed by atoms with van der Waals surface area (Å²) < 4.78 is 0. The van der Waals surface area contributed by atoms with Crippen LogP contribution in [0.2, 0.25) is 0 Å². The summed E-state index contributed by atoms with van der Waals surface area (Å²) in [5.74, 6) is -0.669. The summed E-state index contributed by atoms with van der Waals surface area (Å²) in [7, 11) is 1.64. The van der Waals surface area contributed by atoms with Crippen molar-refractivity contribution in [2.24, 2.45) is 0 Å². The number of non-ortho nitro benzene ring substituents is 1. The number of rotatable bonds is 4. The zero-order valence-corrected chi connectivity index (χ0v) is 17.0. The first-order valence-electron chi connectivity index (χ1n) is 9.94. The number of nitro benzene ring substituents is 1. The normalized spacial score (nSPS) is 15.3. The van der Waals surface area contributed by atoms with E-state index >= 15 is 0 Å². The van der Waals surface area contributed by atoms with Crippen LogP contribution >= 0.6 is 0 Å². The summed E-state index contributed by atoms with van der Waals surface area (Å²) in [6, 6.07) is 23.3. The zero-order valence-electron chi connectivity index (χ0n) is 17.0. The molecule has 1 N–H and O–H groups in total. The van der Waals surface area contributed by atoms with Crippen molar-refractivity contribution in [1.82, 2.24) is 10.2 Å². The van der Waals surface area contributed by atoms with Crippen LogP contribution in [0.4, 0.5) is 5.69 Å². The smallest absolute Gasteiger partial charge is 0.269 e. The highest BCUT2D eigenvalue weighted by Gasteiger charge is 2.44. The van der Waals surface area contributed by atoms with Gasteiger partial charge in [0.25, 0.3) is 17.5 Å². The summed E-state index contributed by atoms with van der Waals surface area (Å²) in [5, 5.41) is 13.7. The third kappa shape index (κ3) is 2.99. The molecule has 0 radical (unpaired) electrons. The van der Waals surface area contributed by atoms with Crippen molar-refractivity contribution in [3.05, 3.63) is 111 Å². The van der Waals surface area contributed by atoms with Crippen LogP contribution in [0.25, 0.3) is 22.5 Å². The molecule has 2 heterocycles. The first-order chi connectivity index (χ1) is 15.5. The standard InChI is InChI=1S/C25H17N3O4/c1-27-23(18-9-5-8-17(14-18)15-6-3-2-4-7-15)21-20(25(27)30)22(26-24(21)29)16-10-12-19(13-11-16)28(31)32/h2-14H,1H3,(H,26,29). The largest absolute Gasteiger partial charge is 0.321 e. The Morgan fingerprint density at radius 3 is 2.12 bits per heavy atom. The maximum atomic E-state index is 13.2. The molecule has 32 heavy (non-hydrogen) atoms. The Bertz CT molecular complexity index is 1360. The molecule has 0 spiro atoms. The van der Waals surface area contributed by atoms with E-state index in [0.29, 0.717) is 22.5 Å². The van der Waals surface area contributed by atoms with E-state index < -0.39 is 4.92 Å². The highest BCUT2D eigenvalue weighted by molar-refractivity contribution is 6.30. The second-order valence-corrected chi connectivity index (χ2v) is 7.54. The lowest BCUT2D eigenvalue weighted by Crippen LogP contribution is -2.23. The van der Waals surface area contributed by atoms with Crippen molar-refractivity contribution < 1.29 is 14.5 Å². The second-order valence-electron chi connectivity index (χ2n) is 7.54. The summed E-state index contributed by atoms with van der Waals surface area (Å²) >= 11 is 0. The second kappa shape index (κ2) is 7.31. The summed E-state index contributed by atoms with van der Waals surface area (Å²) in [6.45, 7) is 0. The predicted molar refractivity (Wildman–Crippen MR) is 120 cm³/mol. The van der Waals surface area contributed by atoms with Crippen molar-refractivity contribution in [3.63, 3.8) is 0 Å². The molecule has 3 aromatic rings. The van der Waals surface area contributed by atoms with Gasteiger partial charge in [0.05, 0.1) is 27.5 Å². The van der Waals surface area contributed by atoms with Crippen molar-refractivity contribution in [2.75, 3.05) is 7.05 Å². The van der Waals surface area contributed by atoms with E-state index in [1.54, 1.807) is 7.05 Å². The first kappa shape index (κ1) is 19.4. The number of amides is 2. The number of nitrogens with one attached hydrogen (secondary N) is 1. The minimum absolute atomic E-state index is 0.0623. The van der Waals surface area contributed by atoms with Gasteiger partial charge in [-0.2, -0.15) is 0 Å². The molecule has 5 rings (SSSR count). The molecule has 0 saturated heterocycles. The molecule has 0 bridgehead atoms. The van der Waals surface area contributed by atoms with Gasteiger partial charge in [-0.3, -0.25) is 19.7 Å². The third-order valence-corrected chi connectivity index (χ3v) is 5.67. The van der Waals surface area contributed by atoms with Crippen LogP contribution in [0, 0.1) is 10.1 Å². The molecule has 2 aliphatic heterocycles. The molecule has 3 aromatic carbocycles. The summed E-state index contributed by atoms with van der Waals surface area (Å²) in [6.07, 6.45) is 0. The van der Waals surface area contributed by atoms with Gasteiger partial charge in [-0.25, -0.2) is 0 Å². The highest BCUT2D eigenvalue weighted by atomic mass is 16.6. The first-order valence-corrected chi connectivity index (χ1v) is 9.94. The van der Waals surface area contributed by atoms with Crippen molar-refractivity contribution in [3.8, 4) is 11.1 Å². The Kier molecular flexibility index (Phi) is 4.44. The van der Waals surface area contributed by atoms with Gasteiger partial charge in [-0.1, -0.05) is 48.5 Å². The van der Waals surface area contributed by atoms with Crippen LogP contribution < -0.4 is 5.32 Å². The SMILES string of the molecule is CN1C(=O)C2=C(c3ccc([N+](=O)[O-])cc3)NC(=O)C2=C1c1cccc(-c2ccccc2)c1. The predicted octanol–water partition coefficient (Wildman–Crippen LogP) is 3.99. The van der Waals surface area contributed by atoms with Gasteiger partial charge in [0.1, 0.15) is 0 Å². The summed E-state index contributed by atoms with van der Waals surface area (Å²) in [5.41, 5.74) is 4.74. The van der Waals surface area contributed by atoms with E-state index in [4.69, 9.17) is 0 Å². The number of carbonyl (C=O) groups excluding carboxylic acids is 2. The third-order valence-electron chi connectivity index (χ3n) is 5.67. The fourth-order valence-corrected chi connectivity index (χ4v) is 4.13. The maximum Gasteiger partial charge on any atom is 0.269 e. The number of hydrogen-bond acceptors (Lipinski definition) is 4. The lowest BCUT2D eigenvalue weighted by atomic mass is 9.98. The molecule has 156 valence electrons. The van der Waals surface area contributed by atoms with Crippen LogP contribution in [0.3, 0.4) is 0 Å². The van der Waals surface area contributed by atoms with E-state index in [9.17, 15) is 19.7 Å². The number of fused-ring (bicyclic) bond motifs is 1. The number of nitrogens with zero attached hydrogens (tertiary/aromatic N) is 2. The minimum Gasteiger partial charge on any atom is -0.321 e. The number of benzene rings is 3. The number of nitro groups is 1. The molecule has 2 aliphatic rings. The molecular formula is C25H17N3O4. The fraction of sp³-hybridized carbons (Fsp3) is 0.0400. The van der Waals surface area contributed by atoms with E-state index in [2.05, 4.69) is 5.32 Å². The van der Waals surface area contributed by atoms with Crippen LogP contribution in [-0.2, 0) is 9.59 Å². The maximum absolute atomic E-state index is 13.2. The van der Waals surface area contributed by atoms with E-state index in [0.717, 1.165) is 16.7 Å². The molecule has 0 atom stereocenters. The van der Waals surface area contributed by atoms with E-state index in [1.807, 2.05) is 54.6 Å². The molecule has 0 fully saturated rings. The van der Waals surface area contributed by atoms with E-state index in [-0.39, 0.29) is 23.1 Å². The van der Waals surface area contributed by atoms with Gasteiger partial charge in [0.2, 0.25) is 0 Å². The molecule has 7 nitrogen and oxygen atoms in total. The molecule has 7 heteroatoms. The van der Waals surface area contributed by atoms with Gasteiger partial charge in [0, 0.05) is 19.2 Å². The van der Waals surface area contributed by atoms with Gasteiger partial charge >= 0.3 is 0 Å². The number of hydrogen-bond donors (Lipinski definition) is 1. The van der Waals surface area contributed by atoms with E-state index in [1.165, 1.54) is 29.2 Å². The van der Waals surface area contributed by atoms with Gasteiger partial charge in [-0.05, 0) is 40.5 Å². The Morgan fingerprint density at radius 1 is 0.781 bits per heavy atom. The topological polar surface area (TPSA) is 92.6 Å². The molecule has 0 unspecified atom stereocenters. The van der Waals surface area contributed by atoms with Crippen LogP contribution in [0.1, 0.15) is 11.1 Å². The minimum atomic E-state index is -0.494.